The Hall–Kier alpha value is -3.07. The van der Waals surface area contributed by atoms with Crippen molar-refractivity contribution in [2.45, 2.75) is 37.6 Å². The third-order valence-corrected chi connectivity index (χ3v) is 8.02. The first-order valence-electron chi connectivity index (χ1n) is 12.2. The SMILES string of the molecule is N#Cc1ccc2[nH]cc(C3CCC(N4CCN(c5cc(Cl)cc6cccnc56)CC4)CC3)c2c1. The second-order valence-electron chi connectivity index (χ2n) is 9.64. The first-order valence-corrected chi connectivity index (χ1v) is 12.6. The lowest BCUT2D eigenvalue weighted by Gasteiger charge is -2.42. The molecular weight excluding hydrogens is 442 g/mol. The van der Waals surface area contributed by atoms with Crippen molar-refractivity contribution in [1.29, 1.82) is 5.26 Å². The van der Waals surface area contributed by atoms with Crippen molar-refractivity contribution in [2.24, 2.45) is 0 Å². The fourth-order valence-corrected chi connectivity index (χ4v) is 6.23. The zero-order valence-corrected chi connectivity index (χ0v) is 19.9. The molecular formula is C28H28ClN5. The largest absolute Gasteiger partial charge is 0.367 e. The summed E-state index contributed by atoms with van der Waals surface area (Å²) in [5, 5.41) is 12.4. The molecule has 0 atom stereocenters. The standard InChI is InChI=1S/C28H28ClN5/c29-22-15-21-2-1-9-31-28(21)27(16-22)34-12-10-33(11-13-34)23-6-4-20(5-7-23)25-18-32-26-8-3-19(17-30)14-24(25)26/h1-3,8-9,14-16,18,20,23,32H,4-7,10-13H2. The molecule has 0 amide bonds. The van der Waals surface area contributed by atoms with E-state index in [0.29, 0.717) is 12.0 Å². The molecule has 1 saturated carbocycles. The van der Waals surface area contributed by atoms with E-state index < -0.39 is 0 Å². The molecule has 2 aromatic carbocycles. The number of hydrogen-bond donors (Lipinski definition) is 1. The topological polar surface area (TPSA) is 59.0 Å². The minimum atomic E-state index is 0.573. The molecule has 5 nitrogen and oxygen atoms in total. The van der Waals surface area contributed by atoms with Crippen molar-refractivity contribution >= 4 is 39.1 Å². The monoisotopic (exact) mass is 469 g/mol. The first-order chi connectivity index (χ1) is 16.7. The summed E-state index contributed by atoms with van der Waals surface area (Å²) in [6, 6.07) is 17.0. The molecule has 6 rings (SSSR count). The maximum Gasteiger partial charge on any atom is 0.0991 e. The summed E-state index contributed by atoms with van der Waals surface area (Å²) in [5.41, 5.74) is 5.45. The summed E-state index contributed by atoms with van der Waals surface area (Å²) in [6.45, 7) is 4.17. The number of aromatic nitrogens is 2. The fourth-order valence-electron chi connectivity index (χ4n) is 6.01. The van der Waals surface area contributed by atoms with Crippen molar-refractivity contribution < 1.29 is 0 Å². The van der Waals surface area contributed by atoms with E-state index >= 15 is 0 Å². The lowest BCUT2D eigenvalue weighted by molar-refractivity contribution is 0.141. The van der Waals surface area contributed by atoms with Gasteiger partial charge in [-0.2, -0.15) is 5.26 Å². The van der Waals surface area contributed by atoms with E-state index in [1.54, 1.807) is 0 Å². The van der Waals surface area contributed by atoms with Crippen molar-refractivity contribution in [1.82, 2.24) is 14.9 Å². The second-order valence-corrected chi connectivity index (χ2v) is 10.1. The van der Waals surface area contributed by atoms with Crippen LogP contribution in [0.1, 0.15) is 42.7 Å². The number of aromatic amines is 1. The average Bonchev–Trinajstić information content (AvgIpc) is 3.31. The highest BCUT2D eigenvalue weighted by Gasteiger charge is 2.30. The van der Waals surface area contributed by atoms with Crippen LogP contribution >= 0.6 is 11.6 Å². The van der Waals surface area contributed by atoms with Gasteiger partial charge in [-0.25, -0.2) is 0 Å². The number of nitrogens with zero attached hydrogens (tertiary/aromatic N) is 4. The predicted octanol–water partition coefficient (Wildman–Crippen LogP) is 6.09. The van der Waals surface area contributed by atoms with Crippen LogP contribution in [0.3, 0.4) is 0 Å². The van der Waals surface area contributed by atoms with Crippen LogP contribution in [-0.2, 0) is 0 Å². The lowest BCUT2D eigenvalue weighted by Crippen LogP contribution is -2.51. The molecule has 3 heterocycles. The van der Waals surface area contributed by atoms with Crippen molar-refractivity contribution in [3.63, 3.8) is 0 Å². The summed E-state index contributed by atoms with van der Waals surface area (Å²) in [4.78, 5) is 13.2. The minimum absolute atomic E-state index is 0.573. The van der Waals surface area contributed by atoms with Crippen molar-refractivity contribution in [3.05, 3.63) is 71.0 Å². The van der Waals surface area contributed by atoms with Crippen LogP contribution in [0.4, 0.5) is 5.69 Å². The number of nitrogens with one attached hydrogen (secondary N) is 1. The van der Waals surface area contributed by atoms with Gasteiger partial charge in [0.15, 0.2) is 0 Å². The van der Waals surface area contributed by atoms with Crippen LogP contribution < -0.4 is 4.90 Å². The van der Waals surface area contributed by atoms with Gasteiger partial charge in [-0.3, -0.25) is 9.88 Å². The molecule has 1 aliphatic heterocycles. The molecule has 1 saturated heterocycles. The Bertz CT molecular complexity index is 1370. The fraction of sp³-hybridized carbons (Fsp3) is 0.357. The van der Waals surface area contributed by atoms with Crippen LogP contribution in [0.25, 0.3) is 21.8 Å². The number of rotatable bonds is 3. The van der Waals surface area contributed by atoms with Gasteiger partial charge in [0, 0.05) is 65.9 Å². The van der Waals surface area contributed by atoms with E-state index in [0.717, 1.165) is 58.9 Å². The number of fused-ring (bicyclic) bond motifs is 2. The Morgan fingerprint density at radius 2 is 1.82 bits per heavy atom. The van der Waals surface area contributed by atoms with Crippen LogP contribution in [0.15, 0.2) is 54.9 Å². The number of H-pyrrole nitrogens is 1. The Kier molecular flexibility index (Phi) is 5.64. The summed E-state index contributed by atoms with van der Waals surface area (Å²) < 4.78 is 0. The summed E-state index contributed by atoms with van der Waals surface area (Å²) in [5.74, 6) is 0.573. The Morgan fingerprint density at radius 3 is 2.62 bits per heavy atom. The maximum atomic E-state index is 9.29. The van der Waals surface area contributed by atoms with Crippen LogP contribution in [0.2, 0.25) is 5.02 Å². The zero-order valence-electron chi connectivity index (χ0n) is 19.2. The molecule has 6 heteroatoms. The Morgan fingerprint density at radius 1 is 1.00 bits per heavy atom. The quantitative estimate of drug-likeness (QED) is 0.394. The van der Waals surface area contributed by atoms with Gasteiger partial charge < -0.3 is 9.88 Å². The predicted molar refractivity (Wildman–Crippen MR) is 139 cm³/mol. The van der Waals surface area contributed by atoms with E-state index in [2.05, 4.69) is 44.2 Å². The summed E-state index contributed by atoms with van der Waals surface area (Å²) in [7, 11) is 0. The van der Waals surface area contributed by atoms with Gasteiger partial charge in [-0.05, 0) is 73.6 Å². The molecule has 2 aliphatic rings. The van der Waals surface area contributed by atoms with Crippen molar-refractivity contribution in [3.8, 4) is 6.07 Å². The van der Waals surface area contributed by atoms with Gasteiger partial charge in [0.05, 0.1) is 22.8 Å². The summed E-state index contributed by atoms with van der Waals surface area (Å²) >= 11 is 6.42. The average molecular weight is 470 g/mol. The third kappa shape index (κ3) is 3.91. The first kappa shape index (κ1) is 21.5. The highest BCUT2D eigenvalue weighted by molar-refractivity contribution is 6.31. The number of piperazine rings is 1. The molecule has 2 fully saturated rings. The molecule has 172 valence electrons. The molecule has 0 spiro atoms. The van der Waals surface area contributed by atoms with Gasteiger partial charge in [0.25, 0.3) is 0 Å². The highest BCUT2D eigenvalue weighted by atomic mass is 35.5. The third-order valence-electron chi connectivity index (χ3n) is 7.80. The minimum Gasteiger partial charge on any atom is -0.367 e. The number of halogens is 1. The summed E-state index contributed by atoms with van der Waals surface area (Å²) in [6.07, 6.45) is 8.91. The number of hydrogen-bond acceptors (Lipinski definition) is 4. The number of pyridine rings is 1. The molecule has 34 heavy (non-hydrogen) atoms. The molecule has 4 aromatic rings. The number of nitriles is 1. The lowest BCUT2D eigenvalue weighted by atomic mass is 9.81. The highest BCUT2D eigenvalue weighted by Crippen LogP contribution is 2.39. The Balaban J connectivity index is 1.11. The van der Waals surface area contributed by atoms with E-state index in [9.17, 15) is 5.26 Å². The smallest absolute Gasteiger partial charge is 0.0991 e. The van der Waals surface area contributed by atoms with E-state index in [1.165, 1.54) is 36.6 Å². The maximum absolute atomic E-state index is 9.29. The van der Waals surface area contributed by atoms with E-state index in [-0.39, 0.29) is 0 Å². The van der Waals surface area contributed by atoms with Gasteiger partial charge in [0.2, 0.25) is 0 Å². The van der Waals surface area contributed by atoms with Gasteiger partial charge in [-0.15, -0.1) is 0 Å². The van der Waals surface area contributed by atoms with Gasteiger partial charge in [-0.1, -0.05) is 17.7 Å². The van der Waals surface area contributed by atoms with Crippen LogP contribution in [0.5, 0.6) is 0 Å². The second kappa shape index (κ2) is 8.94. The molecule has 0 unspecified atom stereocenters. The van der Waals surface area contributed by atoms with Gasteiger partial charge >= 0.3 is 0 Å². The molecule has 2 aromatic heterocycles. The van der Waals surface area contributed by atoms with Crippen LogP contribution in [-0.4, -0.2) is 47.1 Å². The number of anilines is 1. The molecule has 1 aliphatic carbocycles. The number of benzene rings is 2. The molecule has 0 radical (unpaired) electrons. The van der Waals surface area contributed by atoms with Gasteiger partial charge in [0.1, 0.15) is 0 Å². The zero-order chi connectivity index (χ0) is 23.1. The normalized spacial score (nSPS) is 21.7. The van der Waals surface area contributed by atoms with Crippen molar-refractivity contribution in [2.75, 3.05) is 31.1 Å². The molecule has 0 bridgehead atoms. The van der Waals surface area contributed by atoms with E-state index in [1.807, 2.05) is 36.5 Å². The Labute approximate surface area is 204 Å². The molecule has 1 N–H and O–H groups in total. The van der Waals surface area contributed by atoms with E-state index in [4.69, 9.17) is 11.6 Å². The van der Waals surface area contributed by atoms with Crippen LogP contribution in [0, 0.1) is 11.3 Å².